The smallest absolute Gasteiger partial charge is 0.325 e. The number of nitrogens with zero attached hydrogens (tertiary/aromatic N) is 1. The van der Waals surface area contributed by atoms with Crippen LogP contribution in [0.5, 0.6) is 0 Å². The zero-order valence-electron chi connectivity index (χ0n) is 17.8. The van der Waals surface area contributed by atoms with Crippen molar-refractivity contribution >= 4 is 35.3 Å². The van der Waals surface area contributed by atoms with Gasteiger partial charge in [0.05, 0.1) is 0 Å². The first-order valence-corrected chi connectivity index (χ1v) is 11.0. The van der Waals surface area contributed by atoms with Crippen LogP contribution in [0.3, 0.4) is 0 Å². The normalized spacial score (nSPS) is 19.5. The second kappa shape index (κ2) is 8.56. The number of amides is 6. The summed E-state index contributed by atoms with van der Waals surface area (Å²) in [6.07, 6.45) is 5.63. The fraction of sp³-hybridized carbons (Fsp3) is 0.545. The lowest BCUT2D eigenvalue weighted by Crippen LogP contribution is -2.44. The highest BCUT2D eigenvalue weighted by Gasteiger charge is 2.51. The summed E-state index contributed by atoms with van der Waals surface area (Å²) in [7, 11) is 0. The summed E-state index contributed by atoms with van der Waals surface area (Å²) in [6.45, 7) is 2.47. The second-order valence-electron chi connectivity index (χ2n) is 8.70. The molecule has 6 amide bonds. The molecule has 1 aliphatic heterocycles. The molecule has 2 saturated carbocycles. The summed E-state index contributed by atoms with van der Waals surface area (Å²) in [6, 6.07) is 4.68. The Kier molecular flexibility index (Phi) is 5.84. The average Bonchev–Trinajstić information content (AvgIpc) is 3.44. The predicted octanol–water partition coefficient (Wildman–Crippen LogP) is 2.72. The number of hydrogen-bond donors (Lipinski definition) is 4. The lowest BCUT2D eigenvalue weighted by atomic mass is 9.98. The Morgan fingerprint density at radius 3 is 2.61 bits per heavy atom. The number of imide groups is 1. The van der Waals surface area contributed by atoms with E-state index < -0.39 is 5.54 Å². The Hall–Kier alpha value is -3.10. The van der Waals surface area contributed by atoms with Gasteiger partial charge in [0.15, 0.2) is 0 Å². The molecular formula is C22H29N5O4. The number of urea groups is 2. The van der Waals surface area contributed by atoms with Crippen molar-refractivity contribution in [1.29, 1.82) is 0 Å². The number of hydrogen-bond acceptors (Lipinski definition) is 4. The molecule has 1 heterocycles. The van der Waals surface area contributed by atoms with E-state index in [9.17, 15) is 19.2 Å². The van der Waals surface area contributed by atoms with Crippen molar-refractivity contribution in [3.8, 4) is 0 Å². The van der Waals surface area contributed by atoms with E-state index in [1.54, 1.807) is 6.07 Å². The van der Waals surface area contributed by atoms with Gasteiger partial charge in [-0.05, 0) is 56.7 Å². The topological polar surface area (TPSA) is 120 Å². The summed E-state index contributed by atoms with van der Waals surface area (Å²) in [5.41, 5.74) is 1.45. The maximum Gasteiger partial charge on any atom is 0.325 e. The molecule has 9 nitrogen and oxygen atoms in total. The zero-order chi connectivity index (χ0) is 22.0. The summed E-state index contributed by atoms with van der Waals surface area (Å²) in [4.78, 5) is 50.3. The van der Waals surface area contributed by atoms with Crippen LogP contribution in [-0.4, -0.2) is 47.4 Å². The fourth-order valence-corrected chi connectivity index (χ4v) is 4.23. The van der Waals surface area contributed by atoms with Crippen LogP contribution in [0.25, 0.3) is 0 Å². The van der Waals surface area contributed by atoms with Gasteiger partial charge in [0, 0.05) is 30.4 Å². The Bertz CT molecular complexity index is 905. The van der Waals surface area contributed by atoms with Gasteiger partial charge in [-0.3, -0.25) is 14.5 Å². The molecule has 9 heteroatoms. The van der Waals surface area contributed by atoms with Crippen LogP contribution >= 0.6 is 0 Å². The van der Waals surface area contributed by atoms with E-state index in [1.807, 2.05) is 19.1 Å². The third-order valence-electron chi connectivity index (χ3n) is 6.25. The van der Waals surface area contributed by atoms with Crippen molar-refractivity contribution in [2.24, 2.45) is 5.92 Å². The Morgan fingerprint density at radius 1 is 1.16 bits per heavy atom. The van der Waals surface area contributed by atoms with Crippen LogP contribution in [0.15, 0.2) is 18.2 Å². The van der Waals surface area contributed by atoms with Crippen molar-refractivity contribution in [2.45, 2.75) is 57.4 Å². The summed E-state index contributed by atoms with van der Waals surface area (Å²) in [5, 5.41) is 11.3. The second-order valence-corrected chi connectivity index (χ2v) is 8.70. The van der Waals surface area contributed by atoms with Crippen molar-refractivity contribution < 1.29 is 19.2 Å². The molecule has 1 aromatic carbocycles. The highest BCUT2D eigenvalue weighted by Crippen LogP contribution is 2.35. The van der Waals surface area contributed by atoms with E-state index in [0.29, 0.717) is 37.2 Å². The number of aryl methyl sites for hydroxylation is 1. The minimum Gasteiger partial charge on any atom is -0.338 e. The molecule has 4 N–H and O–H groups in total. The number of carbonyl (C=O) groups excluding carboxylic acids is 4. The number of rotatable bonds is 7. The molecule has 0 unspecified atom stereocenters. The molecule has 2 aliphatic carbocycles. The number of anilines is 2. The number of nitrogens with one attached hydrogen (secondary N) is 4. The van der Waals surface area contributed by atoms with Gasteiger partial charge in [0.25, 0.3) is 5.91 Å². The predicted molar refractivity (Wildman–Crippen MR) is 116 cm³/mol. The molecule has 0 atom stereocenters. The van der Waals surface area contributed by atoms with Crippen molar-refractivity contribution in [3.05, 3.63) is 23.8 Å². The molecule has 1 aromatic rings. The van der Waals surface area contributed by atoms with Gasteiger partial charge < -0.3 is 21.3 Å². The zero-order valence-corrected chi connectivity index (χ0v) is 17.8. The van der Waals surface area contributed by atoms with Crippen molar-refractivity contribution in [1.82, 2.24) is 15.5 Å². The van der Waals surface area contributed by atoms with E-state index >= 15 is 0 Å². The molecule has 3 fully saturated rings. The van der Waals surface area contributed by atoms with Gasteiger partial charge in [-0.15, -0.1) is 0 Å². The number of carbonyl (C=O) groups is 4. The minimum atomic E-state index is -0.695. The summed E-state index contributed by atoms with van der Waals surface area (Å²) >= 11 is 0. The van der Waals surface area contributed by atoms with E-state index in [2.05, 4.69) is 21.3 Å². The van der Waals surface area contributed by atoms with E-state index in [-0.39, 0.29) is 36.3 Å². The molecule has 1 spiro atoms. The molecule has 166 valence electrons. The first-order valence-electron chi connectivity index (χ1n) is 11.0. The highest BCUT2D eigenvalue weighted by atomic mass is 16.2. The first-order chi connectivity index (χ1) is 14.9. The minimum absolute atomic E-state index is 0.0131. The Morgan fingerprint density at radius 2 is 1.90 bits per heavy atom. The Balaban J connectivity index is 1.23. The molecule has 0 bridgehead atoms. The third-order valence-corrected chi connectivity index (χ3v) is 6.25. The summed E-state index contributed by atoms with van der Waals surface area (Å²) < 4.78 is 0. The highest BCUT2D eigenvalue weighted by molar-refractivity contribution is 6.07. The monoisotopic (exact) mass is 427 g/mol. The molecule has 31 heavy (non-hydrogen) atoms. The van der Waals surface area contributed by atoms with Crippen molar-refractivity contribution in [3.63, 3.8) is 0 Å². The fourth-order valence-electron chi connectivity index (χ4n) is 4.23. The van der Waals surface area contributed by atoms with Gasteiger partial charge in [0.1, 0.15) is 5.54 Å². The first kappa shape index (κ1) is 21.1. The lowest BCUT2D eigenvalue weighted by molar-refractivity contribution is -0.131. The standard InChI is InChI=1S/C22H29N5O4/c1-14-5-8-16(24-18(28)15-6-7-15)13-17(14)25-20(30)23-11-4-12-27-19(29)22(26-21(27)31)9-2-3-10-22/h5,8,13,15H,2-4,6-7,9-12H2,1H3,(H,24,28)(H,26,31)(H2,23,25,30). The molecule has 3 aliphatic rings. The van der Waals surface area contributed by atoms with Crippen LogP contribution in [0.4, 0.5) is 21.0 Å². The van der Waals surface area contributed by atoms with Gasteiger partial charge >= 0.3 is 12.1 Å². The summed E-state index contributed by atoms with van der Waals surface area (Å²) in [5.74, 6) is -0.0200. The largest absolute Gasteiger partial charge is 0.338 e. The lowest BCUT2D eigenvalue weighted by Gasteiger charge is -2.20. The molecule has 0 radical (unpaired) electrons. The van der Waals surface area contributed by atoms with Crippen LogP contribution < -0.4 is 21.3 Å². The van der Waals surface area contributed by atoms with Gasteiger partial charge in [0.2, 0.25) is 5.91 Å². The van der Waals surface area contributed by atoms with Crippen LogP contribution in [0.1, 0.15) is 50.5 Å². The van der Waals surface area contributed by atoms with Crippen molar-refractivity contribution in [2.75, 3.05) is 23.7 Å². The third kappa shape index (κ3) is 4.65. The average molecular weight is 428 g/mol. The molecule has 4 rings (SSSR count). The maximum absolute atomic E-state index is 12.6. The SMILES string of the molecule is Cc1ccc(NC(=O)C2CC2)cc1NC(=O)NCCCN1C(=O)NC2(CCCC2)C1=O. The van der Waals surface area contributed by atoms with Crippen LogP contribution in [-0.2, 0) is 9.59 Å². The quantitative estimate of drug-likeness (QED) is 0.395. The van der Waals surface area contributed by atoms with Gasteiger partial charge in [-0.25, -0.2) is 9.59 Å². The molecule has 0 aromatic heterocycles. The van der Waals surface area contributed by atoms with E-state index in [4.69, 9.17) is 0 Å². The number of benzene rings is 1. The maximum atomic E-state index is 12.6. The molecule has 1 saturated heterocycles. The Labute approximate surface area is 181 Å². The molecular weight excluding hydrogens is 398 g/mol. The van der Waals surface area contributed by atoms with Gasteiger partial charge in [-0.1, -0.05) is 18.9 Å². The van der Waals surface area contributed by atoms with Crippen LogP contribution in [0, 0.1) is 12.8 Å². The van der Waals surface area contributed by atoms with Gasteiger partial charge in [-0.2, -0.15) is 0 Å². The van der Waals surface area contributed by atoms with Crippen LogP contribution in [0.2, 0.25) is 0 Å². The van der Waals surface area contributed by atoms with E-state index in [0.717, 1.165) is 31.2 Å². The van der Waals surface area contributed by atoms with E-state index in [1.165, 1.54) is 4.90 Å².